The van der Waals surface area contributed by atoms with Gasteiger partial charge >= 0.3 is 0 Å². The Bertz CT molecular complexity index is 1360. The minimum Gasteiger partial charge on any atom is -0.493 e. The zero-order chi connectivity index (χ0) is 28.4. The zero-order valence-corrected chi connectivity index (χ0v) is 23.0. The first-order chi connectivity index (χ1) is 18.4. The lowest BCUT2D eigenvalue weighted by Crippen LogP contribution is -2.36. The first kappa shape index (κ1) is 28.6. The fourth-order valence-corrected chi connectivity index (χ4v) is 4.23. The number of nitrogens with zero attached hydrogens (tertiary/aromatic N) is 1. The van der Waals surface area contributed by atoms with Crippen LogP contribution in [0.25, 0.3) is 11.3 Å². The summed E-state index contributed by atoms with van der Waals surface area (Å²) in [6.45, 7) is 5.06. The van der Waals surface area contributed by atoms with Crippen molar-refractivity contribution in [2.45, 2.75) is 50.9 Å². The van der Waals surface area contributed by atoms with Gasteiger partial charge in [0.25, 0.3) is 0 Å². The standard InChI is InChI=1S/C18H18ClFN2O4.C11H14O2/c1-17(24,7-21-9-23)14-6-11-16(26-8-18(11,2)25)15(22-14)10-3-4-13(20)12(19)5-10;1-8-3-6-10(11(7-8)12-2)13-9-4-5-9/h3-6,9,24-25H,7-8H2,1-2H3,(H,21,23);3,6-7,9H,4-5H2,1-2H3. The van der Waals surface area contributed by atoms with Gasteiger partial charge in [-0.2, -0.15) is 0 Å². The van der Waals surface area contributed by atoms with Crippen molar-refractivity contribution in [3.05, 3.63) is 70.1 Å². The number of pyridine rings is 1. The van der Waals surface area contributed by atoms with Crippen LogP contribution in [-0.4, -0.2) is 48.0 Å². The van der Waals surface area contributed by atoms with Gasteiger partial charge in [-0.05, 0) is 75.6 Å². The van der Waals surface area contributed by atoms with E-state index in [0.29, 0.717) is 35.1 Å². The molecule has 1 fully saturated rings. The third kappa shape index (κ3) is 6.61. The lowest BCUT2D eigenvalue weighted by molar-refractivity contribution is -0.110. The smallest absolute Gasteiger partial charge is 0.207 e. The van der Waals surface area contributed by atoms with Crippen LogP contribution >= 0.6 is 11.6 Å². The van der Waals surface area contributed by atoms with Gasteiger partial charge in [0.05, 0.1) is 30.5 Å². The summed E-state index contributed by atoms with van der Waals surface area (Å²) in [4.78, 5) is 15.0. The van der Waals surface area contributed by atoms with Crippen molar-refractivity contribution in [3.63, 3.8) is 0 Å². The van der Waals surface area contributed by atoms with Crippen LogP contribution in [0.15, 0.2) is 42.5 Å². The number of hydrogen-bond donors (Lipinski definition) is 3. The van der Waals surface area contributed by atoms with E-state index in [4.69, 9.17) is 25.8 Å². The number of methoxy groups -OCH3 is 1. The van der Waals surface area contributed by atoms with Crippen molar-refractivity contribution in [1.29, 1.82) is 0 Å². The van der Waals surface area contributed by atoms with E-state index in [0.717, 1.165) is 11.5 Å². The Hall–Kier alpha value is -3.40. The minimum absolute atomic E-state index is 0.0180. The number of aliphatic hydroxyl groups is 2. The first-order valence-corrected chi connectivity index (χ1v) is 12.9. The molecule has 10 heteroatoms. The molecule has 2 atom stereocenters. The molecule has 1 saturated carbocycles. The summed E-state index contributed by atoms with van der Waals surface area (Å²) >= 11 is 5.88. The van der Waals surface area contributed by atoms with Gasteiger partial charge in [-0.25, -0.2) is 9.37 Å². The molecule has 1 amide bonds. The molecule has 8 nitrogen and oxygen atoms in total. The second-order valence-corrected chi connectivity index (χ2v) is 10.6. The van der Waals surface area contributed by atoms with Gasteiger partial charge in [-0.15, -0.1) is 0 Å². The van der Waals surface area contributed by atoms with Gasteiger partial charge in [-0.1, -0.05) is 17.7 Å². The number of carbonyl (C=O) groups is 1. The third-order valence-electron chi connectivity index (χ3n) is 6.46. The van der Waals surface area contributed by atoms with E-state index in [-0.39, 0.29) is 23.9 Å². The van der Waals surface area contributed by atoms with Crippen molar-refractivity contribution in [2.75, 3.05) is 20.3 Å². The van der Waals surface area contributed by atoms with Crippen LogP contribution in [0.2, 0.25) is 5.02 Å². The fraction of sp³-hybridized carbons (Fsp3) is 0.379. The second kappa shape index (κ2) is 11.4. The molecule has 0 bridgehead atoms. The number of aryl methyl sites for hydroxylation is 1. The third-order valence-corrected chi connectivity index (χ3v) is 6.75. The number of fused-ring (bicyclic) bond motifs is 1. The molecule has 1 aliphatic carbocycles. The summed E-state index contributed by atoms with van der Waals surface area (Å²) in [5.74, 6) is 1.49. The molecule has 2 aromatic carbocycles. The Balaban J connectivity index is 0.000000226. The van der Waals surface area contributed by atoms with Crippen LogP contribution in [-0.2, 0) is 16.0 Å². The number of aromatic nitrogens is 1. The predicted molar refractivity (Wildman–Crippen MR) is 145 cm³/mol. The first-order valence-electron chi connectivity index (χ1n) is 12.5. The maximum atomic E-state index is 13.5. The monoisotopic (exact) mass is 558 g/mol. The van der Waals surface area contributed by atoms with Crippen molar-refractivity contribution in [1.82, 2.24) is 10.3 Å². The molecule has 2 heterocycles. The minimum atomic E-state index is -1.49. The number of ether oxygens (including phenoxy) is 3. The highest BCUT2D eigenvalue weighted by Gasteiger charge is 2.39. The number of benzene rings is 2. The average molecular weight is 559 g/mol. The van der Waals surface area contributed by atoms with Crippen LogP contribution in [0.3, 0.4) is 0 Å². The van der Waals surface area contributed by atoms with Gasteiger partial charge in [0.15, 0.2) is 17.2 Å². The largest absolute Gasteiger partial charge is 0.493 e. The Morgan fingerprint density at radius 3 is 2.64 bits per heavy atom. The molecule has 3 aromatic rings. The van der Waals surface area contributed by atoms with E-state index < -0.39 is 17.0 Å². The molecule has 2 aliphatic rings. The van der Waals surface area contributed by atoms with E-state index in [2.05, 4.69) is 10.3 Å². The molecule has 5 rings (SSSR count). The SMILES string of the molecule is CC(O)(CNC=O)c1cc2c(c(-c3ccc(F)c(Cl)c3)n1)OCC2(C)O.COc1cc(C)ccc1OC1CC1. The molecule has 3 N–H and O–H groups in total. The van der Waals surface area contributed by atoms with Gasteiger partial charge in [0.1, 0.15) is 29.3 Å². The molecular weight excluding hydrogens is 527 g/mol. The van der Waals surface area contributed by atoms with Crippen molar-refractivity contribution in [2.24, 2.45) is 0 Å². The highest BCUT2D eigenvalue weighted by Crippen LogP contribution is 2.44. The number of hydrogen-bond acceptors (Lipinski definition) is 7. The molecular formula is C29H32ClFN2O6. The molecule has 208 valence electrons. The van der Waals surface area contributed by atoms with E-state index in [1.165, 1.54) is 43.5 Å². The second-order valence-electron chi connectivity index (χ2n) is 10.2. The summed E-state index contributed by atoms with van der Waals surface area (Å²) in [5.41, 5.74) is -0.0986. The highest BCUT2D eigenvalue weighted by molar-refractivity contribution is 6.31. The normalized spacial score (nSPS) is 19.1. The van der Waals surface area contributed by atoms with E-state index in [9.17, 15) is 19.4 Å². The Morgan fingerprint density at radius 1 is 1.26 bits per heavy atom. The van der Waals surface area contributed by atoms with Crippen LogP contribution < -0.4 is 19.5 Å². The summed E-state index contributed by atoms with van der Waals surface area (Å²) in [6.07, 6.45) is 3.26. The lowest BCUT2D eigenvalue weighted by Gasteiger charge is -2.25. The van der Waals surface area contributed by atoms with Crippen molar-refractivity contribution >= 4 is 18.0 Å². The van der Waals surface area contributed by atoms with Gasteiger partial charge in [0, 0.05) is 11.1 Å². The molecule has 1 aliphatic heterocycles. The van der Waals surface area contributed by atoms with Gasteiger partial charge in [-0.3, -0.25) is 4.79 Å². The van der Waals surface area contributed by atoms with Crippen LogP contribution in [0.4, 0.5) is 4.39 Å². The number of carbonyl (C=O) groups excluding carboxylic acids is 1. The van der Waals surface area contributed by atoms with Crippen LogP contribution in [0, 0.1) is 12.7 Å². The quantitative estimate of drug-likeness (QED) is 0.345. The fourth-order valence-electron chi connectivity index (χ4n) is 4.05. The highest BCUT2D eigenvalue weighted by atomic mass is 35.5. The Morgan fingerprint density at radius 2 is 2.00 bits per heavy atom. The van der Waals surface area contributed by atoms with E-state index >= 15 is 0 Å². The summed E-state index contributed by atoms with van der Waals surface area (Å²) in [6, 6.07) is 11.7. The maximum Gasteiger partial charge on any atom is 0.207 e. The van der Waals surface area contributed by atoms with Crippen LogP contribution in [0.5, 0.6) is 17.2 Å². The summed E-state index contributed by atoms with van der Waals surface area (Å²) in [7, 11) is 1.68. The Labute approximate surface area is 231 Å². The number of rotatable bonds is 8. The molecule has 0 spiro atoms. The van der Waals surface area contributed by atoms with Crippen LogP contribution in [0.1, 0.15) is 43.5 Å². The molecule has 1 aromatic heterocycles. The van der Waals surface area contributed by atoms with Crippen molar-refractivity contribution in [3.8, 4) is 28.5 Å². The lowest BCUT2D eigenvalue weighted by atomic mass is 9.92. The molecule has 0 saturated heterocycles. The van der Waals surface area contributed by atoms with Crippen molar-refractivity contribution < 1.29 is 33.6 Å². The number of halogens is 2. The van der Waals surface area contributed by atoms with Gasteiger partial charge in [0.2, 0.25) is 6.41 Å². The van der Waals surface area contributed by atoms with E-state index in [1.54, 1.807) is 20.1 Å². The summed E-state index contributed by atoms with van der Waals surface area (Å²) < 4.78 is 30.0. The Kier molecular flexibility index (Phi) is 8.34. The van der Waals surface area contributed by atoms with Gasteiger partial charge < -0.3 is 29.7 Å². The zero-order valence-electron chi connectivity index (χ0n) is 22.3. The predicted octanol–water partition coefficient (Wildman–Crippen LogP) is 4.64. The topological polar surface area (TPSA) is 110 Å². The molecule has 2 unspecified atom stereocenters. The molecule has 0 radical (unpaired) electrons. The maximum absolute atomic E-state index is 13.5. The van der Waals surface area contributed by atoms with E-state index in [1.807, 2.05) is 25.1 Å². The number of amides is 1. The average Bonchev–Trinajstić information content (AvgIpc) is 3.67. The number of nitrogens with one attached hydrogen (secondary N) is 1. The summed E-state index contributed by atoms with van der Waals surface area (Å²) in [5, 5.41) is 23.6. The molecule has 39 heavy (non-hydrogen) atoms.